The Labute approximate surface area is 108 Å². The van der Waals surface area contributed by atoms with Crippen LogP contribution >= 0.6 is 0 Å². The standard InChI is InChI=1S/C15H31NO/c1-5-6-7-8-9-10-11-12-13-15(2,3)16(4)14-17/h14H,5-13H2,1-4H3. The van der Waals surface area contributed by atoms with Gasteiger partial charge in [-0.05, 0) is 20.3 Å². The number of nitrogens with zero attached hydrogens (tertiary/aromatic N) is 1. The quantitative estimate of drug-likeness (QED) is 0.388. The minimum Gasteiger partial charge on any atom is -0.343 e. The van der Waals surface area contributed by atoms with Crippen molar-refractivity contribution in [1.82, 2.24) is 4.90 Å². The van der Waals surface area contributed by atoms with Crippen molar-refractivity contribution in [2.24, 2.45) is 0 Å². The van der Waals surface area contributed by atoms with E-state index in [2.05, 4.69) is 20.8 Å². The molecule has 0 aliphatic heterocycles. The molecule has 2 nitrogen and oxygen atoms in total. The van der Waals surface area contributed by atoms with E-state index < -0.39 is 0 Å². The van der Waals surface area contributed by atoms with E-state index in [1.165, 1.54) is 51.4 Å². The molecule has 17 heavy (non-hydrogen) atoms. The van der Waals surface area contributed by atoms with Crippen LogP contribution in [0.5, 0.6) is 0 Å². The van der Waals surface area contributed by atoms with E-state index in [-0.39, 0.29) is 5.54 Å². The van der Waals surface area contributed by atoms with Gasteiger partial charge in [-0.1, -0.05) is 58.3 Å². The molecule has 0 aromatic heterocycles. The number of hydrogen-bond donors (Lipinski definition) is 0. The van der Waals surface area contributed by atoms with Gasteiger partial charge in [0.05, 0.1) is 0 Å². The predicted molar refractivity (Wildman–Crippen MR) is 75.1 cm³/mol. The van der Waals surface area contributed by atoms with Gasteiger partial charge in [-0.2, -0.15) is 0 Å². The van der Waals surface area contributed by atoms with Crippen LogP contribution < -0.4 is 0 Å². The number of unbranched alkanes of at least 4 members (excludes halogenated alkanes) is 7. The van der Waals surface area contributed by atoms with E-state index in [0.29, 0.717) is 0 Å². The van der Waals surface area contributed by atoms with Crippen LogP contribution in [-0.4, -0.2) is 23.9 Å². The van der Waals surface area contributed by atoms with Crippen LogP contribution in [0.3, 0.4) is 0 Å². The van der Waals surface area contributed by atoms with Crippen molar-refractivity contribution >= 4 is 6.41 Å². The van der Waals surface area contributed by atoms with E-state index in [9.17, 15) is 4.79 Å². The molecule has 0 heterocycles. The third-order valence-electron chi connectivity index (χ3n) is 3.76. The smallest absolute Gasteiger partial charge is 0.209 e. The van der Waals surface area contributed by atoms with Gasteiger partial charge in [-0.15, -0.1) is 0 Å². The Morgan fingerprint density at radius 1 is 0.941 bits per heavy atom. The highest BCUT2D eigenvalue weighted by Crippen LogP contribution is 2.20. The van der Waals surface area contributed by atoms with Gasteiger partial charge in [0.2, 0.25) is 6.41 Å². The van der Waals surface area contributed by atoms with Crippen LogP contribution in [0.4, 0.5) is 0 Å². The molecule has 2 heteroatoms. The van der Waals surface area contributed by atoms with Crippen molar-refractivity contribution in [2.75, 3.05) is 7.05 Å². The molecule has 0 rings (SSSR count). The van der Waals surface area contributed by atoms with Crippen molar-refractivity contribution in [3.63, 3.8) is 0 Å². The molecule has 0 spiro atoms. The molecule has 0 radical (unpaired) electrons. The zero-order valence-electron chi connectivity index (χ0n) is 12.3. The van der Waals surface area contributed by atoms with Gasteiger partial charge in [0, 0.05) is 12.6 Å². The molecule has 0 unspecified atom stereocenters. The van der Waals surface area contributed by atoms with E-state index in [4.69, 9.17) is 0 Å². The summed E-state index contributed by atoms with van der Waals surface area (Å²) in [5.74, 6) is 0. The van der Waals surface area contributed by atoms with Gasteiger partial charge in [0.25, 0.3) is 0 Å². The van der Waals surface area contributed by atoms with E-state index >= 15 is 0 Å². The molecule has 0 aliphatic rings. The normalized spacial score (nSPS) is 11.5. The molecular weight excluding hydrogens is 210 g/mol. The average molecular weight is 241 g/mol. The predicted octanol–water partition coefficient (Wildman–Crippen LogP) is 4.38. The second-order valence-corrected chi connectivity index (χ2v) is 5.75. The van der Waals surface area contributed by atoms with Gasteiger partial charge in [0.1, 0.15) is 0 Å². The molecule has 0 saturated heterocycles. The van der Waals surface area contributed by atoms with Gasteiger partial charge >= 0.3 is 0 Å². The van der Waals surface area contributed by atoms with E-state index in [0.717, 1.165) is 12.8 Å². The summed E-state index contributed by atoms with van der Waals surface area (Å²) in [6.07, 6.45) is 12.8. The monoisotopic (exact) mass is 241 g/mol. The summed E-state index contributed by atoms with van der Waals surface area (Å²) in [5, 5.41) is 0. The zero-order valence-corrected chi connectivity index (χ0v) is 12.3. The molecule has 0 bridgehead atoms. The van der Waals surface area contributed by atoms with Gasteiger partial charge in [-0.25, -0.2) is 0 Å². The average Bonchev–Trinajstić information content (AvgIpc) is 2.31. The summed E-state index contributed by atoms with van der Waals surface area (Å²) >= 11 is 0. The summed E-state index contributed by atoms with van der Waals surface area (Å²) in [4.78, 5) is 12.5. The molecular formula is C15H31NO. The molecule has 0 saturated carbocycles. The first-order valence-corrected chi connectivity index (χ1v) is 7.23. The van der Waals surface area contributed by atoms with E-state index in [1.54, 1.807) is 4.90 Å². The topological polar surface area (TPSA) is 20.3 Å². The maximum Gasteiger partial charge on any atom is 0.209 e. The lowest BCUT2D eigenvalue weighted by Gasteiger charge is -2.32. The largest absolute Gasteiger partial charge is 0.343 e. The summed E-state index contributed by atoms with van der Waals surface area (Å²) in [7, 11) is 1.87. The zero-order chi connectivity index (χ0) is 13.1. The third-order valence-corrected chi connectivity index (χ3v) is 3.76. The van der Waals surface area contributed by atoms with Crippen LogP contribution in [0.15, 0.2) is 0 Å². The fourth-order valence-electron chi connectivity index (χ4n) is 2.01. The lowest BCUT2D eigenvalue weighted by atomic mass is 9.95. The van der Waals surface area contributed by atoms with Crippen molar-refractivity contribution < 1.29 is 4.79 Å². The summed E-state index contributed by atoms with van der Waals surface area (Å²) in [6, 6.07) is 0. The fraction of sp³-hybridized carbons (Fsp3) is 0.933. The Morgan fingerprint density at radius 2 is 1.41 bits per heavy atom. The van der Waals surface area contributed by atoms with Gasteiger partial charge in [0.15, 0.2) is 0 Å². The van der Waals surface area contributed by atoms with Crippen molar-refractivity contribution in [3.05, 3.63) is 0 Å². The molecule has 1 amide bonds. The van der Waals surface area contributed by atoms with Gasteiger partial charge in [-0.3, -0.25) is 4.79 Å². The first kappa shape index (κ1) is 16.5. The van der Waals surface area contributed by atoms with Crippen LogP contribution in [0, 0.1) is 0 Å². The van der Waals surface area contributed by atoms with Crippen LogP contribution in [0.2, 0.25) is 0 Å². The highest BCUT2D eigenvalue weighted by molar-refractivity contribution is 5.47. The fourth-order valence-corrected chi connectivity index (χ4v) is 2.01. The Bertz CT molecular complexity index is 189. The summed E-state index contributed by atoms with van der Waals surface area (Å²) < 4.78 is 0. The van der Waals surface area contributed by atoms with Crippen molar-refractivity contribution in [1.29, 1.82) is 0 Å². The second-order valence-electron chi connectivity index (χ2n) is 5.75. The Balaban J connectivity index is 3.41. The van der Waals surface area contributed by atoms with Crippen molar-refractivity contribution in [3.8, 4) is 0 Å². The highest BCUT2D eigenvalue weighted by Gasteiger charge is 2.21. The van der Waals surface area contributed by atoms with Gasteiger partial charge < -0.3 is 4.90 Å². The lowest BCUT2D eigenvalue weighted by Crippen LogP contribution is -2.39. The maximum atomic E-state index is 10.7. The van der Waals surface area contributed by atoms with E-state index in [1.807, 2.05) is 7.05 Å². The Kier molecular flexibility index (Phi) is 9.20. The third kappa shape index (κ3) is 8.23. The summed E-state index contributed by atoms with van der Waals surface area (Å²) in [6.45, 7) is 6.54. The Morgan fingerprint density at radius 3 is 1.88 bits per heavy atom. The first-order chi connectivity index (χ1) is 8.04. The SMILES string of the molecule is CCCCCCCCCCC(C)(C)N(C)C=O. The number of carbonyl (C=O) groups excluding carboxylic acids is 1. The van der Waals surface area contributed by atoms with Crippen molar-refractivity contribution in [2.45, 2.75) is 84.1 Å². The maximum absolute atomic E-state index is 10.7. The molecule has 102 valence electrons. The molecule has 0 aromatic carbocycles. The molecule has 0 aliphatic carbocycles. The van der Waals surface area contributed by atoms with Crippen LogP contribution in [0.25, 0.3) is 0 Å². The number of carbonyl (C=O) groups is 1. The number of amides is 1. The Hall–Kier alpha value is -0.530. The molecule has 0 aromatic rings. The molecule has 0 fully saturated rings. The first-order valence-electron chi connectivity index (χ1n) is 7.23. The number of rotatable bonds is 11. The lowest BCUT2D eigenvalue weighted by molar-refractivity contribution is -0.121. The number of hydrogen-bond acceptors (Lipinski definition) is 1. The van der Waals surface area contributed by atoms with Crippen LogP contribution in [-0.2, 0) is 4.79 Å². The van der Waals surface area contributed by atoms with Crippen LogP contribution in [0.1, 0.15) is 78.6 Å². The second kappa shape index (κ2) is 9.49. The summed E-state index contributed by atoms with van der Waals surface area (Å²) in [5.41, 5.74) is 0.0178. The minimum atomic E-state index is 0.0178. The molecule has 0 N–H and O–H groups in total. The molecule has 0 atom stereocenters. The minimum absolute atomic E-state index is 0.0178. The highest BCUT2D eigenvalue weighted by atomic mass is 16.1.